The van der Waals surface area contributed by atoms with Crippen molar-refractivity contribution in [3.05, 3.63) is 0 Å². The molecule has 0 saturated carbocycles. The Hall–Kier alpha value is -0.170. The van der Waals surface area contributed by atoms with Gasteiger partial charge in [0.25, 0.3) is 10.2 Å². The number of nitrogens with zero attached hydrogens (tertiary/aromatic N) is 2. The smallest absolute Gasteiger partial charge is 0.281 e. The summed E-state index contributed by atoms with van der Waals surface area (Å²) in [4.78, 5) is 0. The summed E-state index contributed by atoms with van der Waals surface area (Å²) in [6.07, 6.45) is 2.72. The third-order valence-corrected chi connectivity index (χ3v) is 5.65. The van der Waals surface area contributed by atoms with E-state index in [0.717, 1.165) is 19.3 Å². The van der Waals surface area contributed by atoms with Crippen molar-refractivity contribution in [1.82, 2.24) is 8.61 Å². The average Bonchev–Trinajstić information content (AvgIpc) is 2.38. The van der Waals surface area contributed by atoms with Gasteiger partial charge in [-0.2, -0.15) is 17.0 Å². The maximum atomic E-state index is 12.4. The lowest BCUT2D eigenvalue weighted by atomic mass is 10.0. The number of aliphatic hydroxyl groups excluding tert-OH is 1. The molecule has 2 unspecified atom stereocenters. The Balaban J connectivity index is 2.67. The van der Waals surface area contributed by atoms with E-state index in [1.54, 1.807) is 7.05 Å². The molecule has 1 fully saturated rings. The van der Waals surface area contributed by atoms with Crippen LogP contribution in [0.25, 0.3) is 0 Å². The molecule has 0 aliphatic carbocycles. The van der Waals surface area contributed by atoms with Gasteiger partial charge >= 0.3 is 0 Å². The molecule has 1 aliphatic heterocycles. The molecule has 1 heterocycles. The standard InChI is InChI=1S/C12H26N2O3S/c1-4-11(2)8-13(3)18(16,17)14-7-5-6-12(9-14)10-15/h11-12,15H,4-10H2,1-3H3. The van der Waals surface area contributed by atoms with Crippen LogP contribution < -0.4 is 0 Å². The summed E-state index contributed by atoms with van der Waals surface area (Å²) in [5.74, 6) is 0.453. The van der Waals surface area contributed by atoms with Crippen molar-refractivity contribution in [2.24, 2.45) is 11.8 Å². The van der Waals surface area contributed by atoms with Crippen LogP contribution in [-0.4, -0.2) is 55.4 Å². The second-order valence-electron chi connectivity index (χ2n) is 5.35. The zero-order chi connectivity index (χ0) is 13.8. The van der Waals surface area contributed by atoms with E-state index in [2.05, 4.69) is 13.8 Å². The number of aliphatic hydroxyl groups is 1. The van der Waals surface area contributed by atoms with E-state index in [1.165, 1.54) is 8.61 Å². The van der Waals surface area contributed by atoms with E-state index in [9.17, 15) is 8.42 Å². The van der Waals surface area contributed by atoms with Crippen molar-refractivity contribution in [3.63, 3.8) is 0 Å². The highest BCUT2D eigenvalue weighted by molar-refractivity contribution is 7.86. The Morgan fingerprint density at radius 1 is 1.50 bits per heavy atom. The summed E-state index contributed by atoms with van der Waals surface area (Å²) in [5, 5.41) is 9.16. The monoisotopic (exact) mass is 278 g/mol. The molecular formula is C12H26N2O3S. The van der Waals surface area contributed by atoms with Gasteiger partial charge in [-0.05, 0) is 24.7 Å². The Morgan fingerprint density at radius 3 is 2.72 bits per heavy atom. The minimum Gasteiger partial charge on any atom is -0.396 e. The SMILES string of the molecule is CCC(C)CN(C)S(=O)(=O)N1CCCC(CO)C1. The fourth-order valence-electron chi connectivity index (χ4n) is 2.24. The Morgan fingerprint density at radius 2 is 2.17 bits per heavy atom. The third-order valence-electron chi connectivity index (χ3n) is 3.73. The number of piperidine rings is 1. The first kappa shape index (κ1) is 15.9. The molecule has 0 spiro atoms. The molecule has 1 N–H and O–H groups in total. The molecule has 0 bridgehead atoms. The minimum absolute atomic E-state index is 0.0705. The van der Waals surface area contributed by atoms with Gasteiger partial charge in [0.1, 0.15) is 0 Å². The Bertz CT molecular complexity index is 345. The summed E-state index contributed by atoms with van der Waals surface area (Å²) >= 11 is 0. The zero-order valence-corrected chi connectivity index (χ0v) is 12.5. The summed E-state index contributed by atoms with van der Waals surface area (Å²) in [7, 11) is -1.71. The van der Waals surface area contributed by atoms with Gasteiger partial charge in [0.05, 0.1) is 0 Å². The molecule has 108 valence electrons. The lowest BCUT2D eigenvalue weighted by Crippen LogP contribution is -2.48. The molecule has 0 amide bonds. The molecule has 1 rings (SSSR count). The molecule has 5 nitrogen and oxygen atoms in total. The first-order chi connectivity index (χ1) is 8.41. The van der Waals surface area contributed by atoms with E-state index in [4.69, 9.17) is 5.11 Å². The van der Waals surface area contributed by atoms with Crippen LogP contribution in [0.3, 0.4) is 0 Å². The van der Waals surface area contributed by atoms with Gasteiger partial charge in [-0.15, -0.1) is 0 Å². The maximum Gasteiger partial charge on any atom is 0.281 e. The number of rotatable bonds is 6. The Kier molecular flexibility index (Phi) is 6.04. The zero-order valence-electron chi connectivity index (χ0n) is 11.7. The molecule has 0 aromatic rings. The number of hydrogen-bond donors (Lipinski definition) is 1. The topological polar surface area (TPSA) is 60.9 Å². The molecule has 6 heteroatoms. The molecular weight excluding hydrogens is 252 g/mol. The first-order valence-electron chi connectivity index (χ1n) is 6.74. The lowest BCUT2D eigenvalue weighted by molar-refractivity contribution is 0.161. The molecule has 1 saturated heterocycles. The average molecular weight is 278 g/mol. The van der Waals surface area contributed by atoms with Crippen LogP contribution in [-0.2, 0) is 10.2 Å². The minimum atomic E-state index is -3.35. The molecule has 2 atom stereocenters. The van der Waals surface area contributed by atoms with Gasteiger partial charge in [-0.1, -0.05) is 20.3 Å². The highest BCUT2D eigenvalue weighted by Gasteiger charge is 2.31. The van der Waals surface area contributed by atoms with Crippen molar-refractivity contribution in [1.29, 1.82) is 0 Å². The summed E-state index contributed by atoms with van der Waals surface area (Å²) in [6.45, 7) is 5.76. The predicted molar refractivity (Wildman–Crippen MR) is 72.4 cm³/mol. The van der Waals surface area contributed by atoms with Crippen LogP contribution in [0.4, 0.5) is 0 Å². The van der Waals surface area contributed by atoms with Crippen LogP contribution >= 0.6 is 0 Å². The maximum absolute atomic E-state index is 12.4. The molecule has 1 aliphatic rings. The second kappa shape index (κ2) is 6.84. The van der Waals surface area contributed by atoms with Crippen molar-refractivity contribution in [2.75, 3.05) is 33.3 Å². The normalized spacial score (nSPS) is 24.4. The second-order valence-corrected chi connectivity index (χ2v) is 7.39. The highest BCUT2D eigenvalue weighted by atomic mass is 32.2. The van der Waals surface area contributed by atoms with Gasteiger partial charge in [0.15, 0.2) is 0 Å². The van der Waals surface area contributed by atoms with Crippen LogP contribution in [0.5, 0.6) is 0 Å². The molecule has 0 aromatic heterocycles. The largest absolute Gasteiger partial charge is 0.396 e. The summed E-state index contributed by atoms with van der Waals surface area (Å²) in [6, 6.07) is 0. The Labute approximate surface area is 111 Å². The first-order valence-corrected chi connectivity index (χ1v) is 8.13. The molecule has 18 heavy (non-hydrogen) atoms. The fourth-order valence-corrected chi connectivity index (χ4v) is 3.84. The van der Waals surface area contributed by atoms with E-state index in [-0.39, 0.29) is 12.5 Å². The van der Waals surface area contributed by atoms with Gasteiger partial charge in [0.2, 0.25) is 0 Å². The van der Waals surface area contributed by atoms with Crippen molar-refractivity contribution >= 4 is 10.2 Å². The summed E-state index contributed by atoms with van der Waals surface area (Å²) < 4.78 is 27.7. The molecule has 0 radical (unpaired) electrons. The quantitative estimate of drug-likeness (QED) is 0.786. The van der Waals surface area contributed by atoms with Crippen molar-refractivity contribution in [3.8, 4) is 0 Å². The third kappa shape index (κ3) is 3.91. The van der Waals surface area contributed by atoms with Crippen LogP contribution in [0.2, 0.25) is 0 Å². The van der Waals surface area contributed by atoms with Gasteiger partial charge in [-0.3, -0.25) is 0 Å². The predicted octanol–water partition coefficient (Wildman–Crippen LogP) is 0.913. The molecule has 0 aromatic carbocycles. The van der Waals surface area contributed by atoms with Gasteiger partial charge < -0.3 is 5.11 Å². The van der Waals surface area contributed by atoms with Gasteiger partial charge in [-0.25, -0.2) is 0 Å². The highest BCUT2D eigenvalue weighted by Crippen LogP contribution is 2.20. The van der Waals surface area contributed by atoms with Gasteiger partial charge in [0, 0.05) is 33.3 Å². The van der Waals surface area contributed by atoms with Crippen LogP contribution in [0, 0.1) is 11.8 Å². The van der Waals surface area contributed by atoms with Crippen molar-refractivity contribution in [2.45, 2.75) is 33.1 Å². The van der Waals surface area contributed by atoms with Crippen LogP contribution in [0.15, 0.2) is 0 Å². The van der Waals surface area contributed by atoms with E-state index in [0.29, 0.717) is 25.6 Å². The summed E-state index contributed by atoms with van der Waals surface area (Å²) in [5.41, 5.74) is 0. The fraction of sp³-hybridized carbons (Fsp3) is 1.00. The van der Waals surface area contributed by atoms with Crippen molar-refractivity contribution < 1.29 is 13.5 Å². The van der Waals surface area contributed by atoms with Crippen LogP contribution in [0.1, 0.15) is 33.1 Å². The lowest BCUT2D eigenvalue weighted by Gasteiger charge is -2.34. The van der Waals surface area contributed by atoms with E-state index in [1.807, 2.05) is 0 Å². The number of hydrogen-bond acceptors (Lipinski definition) is 3. The van der Waals surface area contributed by atoms with E-state index < -0.39 is 10.2 Å². The van der Waals surface area contributed by atoms with E-state index >= 15 is 0 Å².